The second kappa shape index (κ2) is 9.63. The molecule has 0 unspecified atom stereocenters. The number of aryl methyl sites for hydroxylation is 1. The van der Waals surface area contributed by atoms with Gasteiger partial charge in [-0.1, -0.05) is 37.6 Å². The van der Waals surface area contributed by atoms with Gasteiger partial charge in [0.05, 0.1) is 30.3 Å². The predicted octanol–water partition coefficient (Wildman–Crippen LogP) is 5.46. The highest BCUT2D eigenvalue weighted by Crippen LogP contribution is 2.46. The number of Topliss-reactive ketones (excluding diaryl/α,β-unsaturated/α-hetero) is 1. The molecule has 7 nitrogen and oxygen atoms in total. The van der Waals surface area contributed by atoms with Crippen LogP contribution in [0.1, 0.15) is 56.2 Å². The van der Waals surface area contributed by atoms with Gasteiger partial charge in [0.1, 0.15) is 17.9 Å². The molecule has 1 aliphatic carbocycles. The van der Waals surface area contributed by atoms with Gasteiger partial charge in [-0.3, -0.25) is 9.59 Å². The summed E-state index contributed by atoms with van der Waals surface area (Å²) in [6, 6.07) is 12.6. The maximum atomic E-state index is 13.8. The molecule has 1 N–H and O–H groups in total. The van der Waals surface area contributed by atoms with E-state index in [2.05, 4.69) is 5.32 Å². The molecule has 2 aromatic carbocycles. The Hall–Kier alpha value is -4.13. The number of carbonyl (C=O) groups is 2. The third-order valence-corrected chi connectivity index (χ3v) is 7.25. The van der Waals surface area contributed by atoms with E-state index in [1.54, 1.807) is 38.3 Å². The van der Waals surface area contributed by atoms with Crippen LogP contribution < -0.4 is 15.5 Å². The van der Waals surface area contributed by atoms with E-state index in [9.17, 15) is 14.4 Å². The molecule has 0 fully saturated rings. The number of allylic oxidation sites excluding steroid dienone is 3. The van der Waals surface area contributed by atoms with Gasteiger partial charge >= 0.3 is 5.97 Å². The molecule has 0 radical (unpaired) electrons. The summed E-state index contributed by atoms with van der Waals surface area (Å²) in [6.07, 6.45) is 2.32. The standard InChI is InChI=1S/C31H31NO6/c1-17-6-11-25-21(12-17)29(34)22(16-37-25)27-26(30(35)38-15-19-7-9-20(36-5)10-8-19)18(2)32-23-13-31(3,4)14-24(33)28(23)27/h6-12,16,27,32H,13-15H2,1-5H3/t27-/m0/s1. The van der Waals surface area contributed by atoms with Crippen molar-refractivity contribution >= 4 is 22.7 Å². The fourth-order valence-corrected chi connectivity index (χ4v) is 5.43. The Labute approximate surface area is 221 Å². The maximum Gasteiger partial charge on any atom is 0.337 e. The summed E-state index contributed by atoms with van der Waals surface area (Å²) >= 11 is 0. The summed E-state index contributed by atoms with van der Waals surface area (Å²) in [5, 5.41) is 3.71. The number of carbonyl (C=O) groups excluding carboxylic acids is 2. The van der Waals surface area contributed by atoms with Gasteiger partial charge in [0, 0.05) is 29.0 Å². The van der Waals surface area contributed by atoms with Gasteiger partial charge in [-0.2, -0.15) is 0 Å². The molecule has 0 bridgehead atoms. The van der Waals surface area contributed by atoms with Gasteiger partial charge < -0.3 is 19.2 Å². The molecule has 3 aromatic rings. The highest BCUT2D eigenvalue weighted by Gasteiger charge is 2.44. The van der Waals surface area contributed by atoms with Gasteiger partial charge in [0.2, 0.25) is 0 Å². The zero-order valence-corrected chi connectivity index (χ0v) is 22.3. The molecule has 196 valence electrons. The zero-order valence-electron chi connectivity index (χ0n) is 22.3. The van der Waals surface area contributed by atoms with Crippen molar-refractivity contribution in [3.8, 4) is 5.75 Å². The Balaban J connectivity index is 1.60. The Morgan fingerprint density at radius 2 is 1.82 bits per heavy atom. The fourth-order valence-electron chi connectivity index (χ4n) is 5.43. The predicted molar refractivity (Wildman–Crippen MR) is 144 cm³/mol. The van der Waals surface area contributed by atoms with E-state index in [0.717, 1.165) is 16.8 Å². The Kier molecular flexibility index (Phi) is 6.47. The highest BCUT2D eigenvalue weighted by atomic mass is 16.5. The van der Waals surface area contributed by atoms with Crippen LogP contribution in [0, 0.1) is 12.3 Å². The first-order chi connectivity index (χ1) is 18.1. The van der Waals surface area contributed by atoms with E-state index >= 15 is 0 Å². The molecule has 0 amide bonds. The number of benzene rings is 2. The van der Waals surface area contributed by atoms with Gasteiger partial charge in [-0.15, -0.1) is 0 Å². The Morgan fingerprint density at radius 1 is 1.08 bits per heavy atom. The number of nitrogens with one attached hydrogen (secondary N) is 1. The molecule has 0 spiro atoms. The first kappa shape index (κ1) is 25.5. The molecular formula is C31H31NO6. The minimum absolute atomic E-state index is 0.0325. The van der Waals surface area contributed by atoms with E-state index in [1.807, 2.05) is 39.0 Å². The third kappa shape index (κ3) is 4.64. The van der Waals surface area contributed by atoms with Crippen molar-refractivity contribution in [1.29, 1.82) is 0 Å². The number of ketones is 1. The summed E-state index contributed by atoms with van der Waals surface area (Å²) in [5.74, 6) is -0.875. The van der Waals surface area contributed by atoms with Crippen LogP contribution in [-0.2, 0) is 20.9 Å². The largest absolute Gasteiger partial charge is 0.497 e. The van der Waals surface area contributed by atoms with Gasteiger partial charge in [-0.25, -0.2) is 4.79 Å². The summed E-state index contributed by atoms with van der Waals surface area (Å²) < 4.78 is 16.8. The van der Waals surface area contributed by atoms with E-state index in [0.29, 0.717) is 40.8 Å². The van der Waals surface area contributed by atoms with Crippen molar-refractivity contribution in [2.45, 2.75) is 53.1 Å². The van der Waals surface area contributed by atoms with Crippen molar-refractivity contribution in [1.82, 2.24) is 5.32 Å². The van der Waals surface area contributed by atoms with Crippen LogP contribution >= 0.6 is 0 Å². The van der Waals surface area contributed by atoms with Crippen LogP contribution in [0.5, 0.6) is 5.75 Å². The molecule has 1 atom stereocenters. The lowest BCUT2D eigenvalue weighted by atomic mass is 9.68. The molecule has 2 heterocycles. The number of ether oxygens (including phenoxy) is 2. The Bertz CT molecular complexity index is 1570. The lowest BCUT2D eigenvalue weighted by Gasteiger charge is -2.39. The molecule has 0 saturated heterocycles. The Morgan fingerprint density at radius 3 is 2.53 bits per heavy atom. The molecule has 0 saturated carbocycles. The number of methoxy groups -OCH3 is 1. The molecule has 38 heavy (non-hydrogen) atoms. The van der Waals surface area contributed by atoms with Gasteiger partial charge in [0.25, 0.3) is 0 Å². The van der Waals surface area contributed by atoms with Crippen LogP contribution in [-0.4, -0.2) is 18.9 Å². The molecular weight excluding hydrogens is 482 g/mol. The zero-order chi connectivity index (χ0) is 27.2. The summed E-state index contributed by atoms with van der Waals surface area (Å²) in [7, 11) is 1.59. The topological polar surface area (TPSA) is 94.8 Å². The number of rotatable bonds is 5. The molecule has 1 aromatic heterocycles. The summed E-state index contributed by atoms with van der Waals surface area (Å²) in [4.78, 5) is 41.0. The monoisotopic (exact) mass is 513 g/mol. The quantitative estimate of drug-likeness (QED) is 0.453. The van der Waals surface area contributed by atoms with Crippen molar-refractivity contribution in [3.63, 3.8) is 0 Å². The fraction of sp³-hybridized carbons (Fsp3) is 0.323. The lowest BCUT2D eigenvalue weighted by Crippen LogP contribution is -2.39. The van der Waals surface area contributed by atoms with E-state index in [-0.39, 0.29) is 34.4 Å². The van der Waals surface area contributed by atoms with Crippen LogP contribution in [0.4, 0.5) is 0 Å². The average Bonchev–Trinajstić information content (AvgIpc) is 2.86. The smallest absolute Gasteiger partial charge is 0.337 e. The summed E-state index contributed by atoms with van der Waals surface area (Å²) in [6.45, 7) is 7.78. The minimum Gasteiger partial charge on any atom is -0.497 e. The molecule has 7 heteroatoms. The highest BCUT2D eigenvalue weighted by molar-refractivity contribution is 6.04. The molecule has 1 aliphatic heterocycles. The minimum atomic E-state index is -0.889. The first-order valence-corrected chi connectivity index (χ1v) is 12.6. The lowest BCUT2D eigenvalue weighted by molar-refractivity contribution is -0.140. The second-order valence-electron chi connectivity index (χ2n) is 10.9. The SMILES string of the molecule is COc1ccc(COC(=O)C2=C(C)NC3=C(C(=O)CC(C)(C)C3)[C@H]2c2coc3ccc(C)cc3c2=O)cc1. The van der Waals surface area contributed by atoms with E-state index < -0.39 is 11.9 Å². The second-order valence-corrected chi connectivity index (χ2v) is 10.9. The van der Waals surface area contributed by atoms with Crippen LogP contribution in [0.25, 0.3) is 11.0 Å². The number of dihydropyridines is 1. The number of fused-ring (bicyclic) bond motifs is 1. The third-order valence-electron chi connectivity index (χ3n) is 7.25. The molecule has 2 aliphatic rings. The first-order valence-electron chi connectivity index (χ1n) is 12.6. The van der Waals surface area contributed by atoms with E-state index in [4.69, 9.17) is 13.9 Å². The number of esters is 1. The normalized spacial score (nSPS) is 18.8. The molecule has 5 rings (SSSR count). The van der Waals surface area contributed by atoms with Crippen molar-refractivity contribution in [2.75, 3.05) is 7.11 Å². The van der Waals surface area contributed by atoms with Crippen LogP contribution in [0.15, 0.2) is 80.5 Å². The van der Waals surface area contributed by atoms with Gasteiger partial charge in [0.15, 0.2) is 11.2 Å². The van der Waals surface area contributed by atoms with Gasteiger partial charge in [-0.05, 0) is 55.5 Å². The van der Waals surface area contributed by atoms with E-state index in [1.165, 1.54) is 6.26 Å². The number of hydrogen-bond donors (Lipinski definition) is 1. The van der Waals surface area contributed by atoms with Crippen molar-refractivity contribution < 1.29 is 23.5 Å². The average molecular weight is 514 g/mol. The van der Waals surface area contributed by atoms with Crippen LogP contribution in [0.3, 0.4) is 0 Å². The van der Waals surface area contributed by atoms with Crippen LogP contribution in [0.2, 0.25) is 0 Å². The summed E-state index contributed by atoms with van der Waals surface area (Å²) in [5.41, 5.74) is 3.86. The number of hydrogen-bond acceptors (Lipinski definition) is 7. The van der Waals surface area contributed by atoms with Crippen molar-refractivity contribution in [2.24, 2.45) is 5.41 Å². The maximum absolute atomic E-state index is 13.8. The van der Waals surface area contributed by atoms with Crippen molar-refractivity contribution in [3.05, 3.63) is 98.2 Å².